The molecule has 0 unspecified atom stereocenters. The summed E-state index contributed by atoms with van der Waals surface area (Å²) < 4.78 is 19.0. The number of nitrogens with zero attached hydrogens (tertiary/aromatic N) is 2. The summed E-state index contributed by atoms with van der Waals surface area (Å²) in [6, 6.07) is 12.9. The van der Waals surface area contributed by atoms with E-state index in [1.807, 2.05) is 18.2 Å². The molecule has 2 aromatic rings. The summed E-state index contributed by atoms with van der Waals surface area (Å²) >= 11 is 1.59. The Morgan fingerprint density at radius 3 is 2.69 bits per heavy atom. The molecule has 1 saturated carbocycles. The van der Waals surface area contributed by atoms with Crippen LogP contribution in [0.15, 0.2) is 65.2 Å². The van der Waals surface area contributed by atoms with Gasteiger partial charge in [0.1, 0.15) is 18.2 Å². The Balaban J connectivity index is 1.27. The van der Waals surface area contributed by atoms with Gasteiger partial charge in [0, 0.05) is 19.6 Å². The number of fused-ring (bicyclic) bond motifs is 1. The molecule has 0 radical (unpaired) electrons. The van der Waals surface area contributed by atoms with Crippen LogP contribution in [-0.4, -0.2) is 48.0 Å². The number of hydrogen-bond donors (Lipinski definition) is 1. The van der Waals surface area contributed by atoms with Gasteiger partial charge in [-0.25, -0.2) is 9.18 Å². The second-order valence-corrected chi connectivity index (χ2v) is 10.5. The molecule has 0 spiro atoms. The molecule has 1 N–H and O–H groups in total. The maximum Gasteiger partial charge on any atom is 0.338 e. The van der Waals surface area contributed by atoms with Crippen molar-refractivity contribution in [1.29, 1.82) is 0 Å². The SMILES string of the molecule is O=C(O)C1=C(SCCCc2ccc(F)cc2)N(Cc2ccc3c(c2)N(CC2CC2)CCO3)CC=C1. The fraction of sp³-hybridized carbons (Fsp3) is 0.393. The van der Waals surface area contributed by atoms with Gasteiger partial charge in [-0.1, -0.05) is 24.3 Å². The van der Waals surface area contributed by atoms with E-state index in [0.29, 0.717) is 18.7 Å². The van der Waals surface area contributed by atoms with Crippen molar-refractivity contribution in [3.05, 3.63) is 82.2 Å². The minimum atomic E-state index is -0.901. The van der Waals surface area contributed by atoms with E-state index >= 15 is 0 Å². The lowest BCUT2D eigenvalue weighted by Gasteiger charge is -2.33. The number of aryl methyl sites for hydroxylation is 1. The molecular formula is C28H31FN2O3S. The van der Waals surface area contributed by atoms with E-state index in [9.17, 15) is 14.3 Å². The third-order valence-electron chi connectivity index (χ3n) is 6.65. The number of thioether (sulfide) groups is 1. The van der Waals surface area contributed by atoms with Gasteiger partial charge < -0.3 is 19.6 Å². The Bertz CT molecular complexity index is 1130. The Labute approximate surface area is 210 Å². The average Bonchev–Trinajstić information content (AvgIpc) is 3.68. The minimum absolute atomic E-state index is 0.228. The highest BCUT2D eigenvalue weighted by Gasteiger charge is 2.28. The fourth-order valence-electron chi connectivity index (χ4n) is 4.63. The van der Waals surface area contributed by atoms with Crippen LogP contribution in [0.5, 0.6) is 5.75 Å². The van der Waals surface area contributed by atoms with Crippen LogP contribution in [0.3, 0.4) is 0 Å². The third kappa shape index (κ3) is 6.01. The summed E-state index contributed by atoms with van der Waals surface area (Å²) in [4.78, 5) is 16.6. The van der Waals surface area contributed by atoms with Gasteiger partial charge in [0.25, 0.3) is 0 Å². The van der Waals surface area contributed by atoms with Crippen molar-refractivity contribution in [3.63, 3.8) is 0 Å². The number of hydrogen-bond acceptors (Lipinski definition) is 5. The standard InChI is InChI=1S/C28H31FN2O3S/c29-23-10-7-20(8-11-23)3-2-16-35-27-24(28(32)33)4-1-13-31(27)19-22-9-12-26-25(17-22)30(14-15-34-26)18-21-5-6-21/h1,4,7-12,17,21H,2-3,5-6,13-16,18-19H2,(H,32,33). The summed E-state index contributed by atoms with van der Waals surface area (Å²) in [5, 5.41) is 10.6. The minimum Gasteiger partial charge on any atom is -0.490 e. The van der Waals surface area contributed by atoms with Crippen LogP contribution in [0.2, 0.25) is 0 Å². The van der Waals surface area contributed by atoms with Gasteiger partial charge in [-0.2, -0.15) is 0 Å². The molecule has 0 aromatic heterocycles. The van der Waals surface area contributed by atoms with E-state index < -0.39 is 5.97 Å². The average molecular weight is 495 g/mol. The lowest BCUT2D eigenvalue weighted by Crippen LogP contribution is -2.34. The number of halogens is 1. The maximum atomic E-state index is 13.1. The second kappa shape index (κ2) is 10.8. The Hall–Kier alpha value is -2.93. The third-order valence-corrected chi connectivity index (χ3v) is 7.90. The highest BCUT2D eigenvalue weighted by molar-refractivity contribution is 8.03. The first-order valence-electron chi connectivity index (χ1n) is 12.3. The fourth-order valence-corrected chi connectivity index (χ4v) is 5.74. The van der Waals surface area contributed by atoms with Crippen LogP contribution in [0, 0.1) is 11.7 Å². The van der Waals surface area contributed by atoms with Gasteiger partial charge in [0.2, 0.25) is 0 Å². The van der Waals surface area contributed by atoms with Crippen molar-refractivity contribution < 1.29 is 19.0 Å². The normalized spacial score (nSPS) is 17.4. The van der Waals surface area contributed by atoms with Crippen LogP contribution in [0.4, 0.5) is 10.1 Å². The van der Waals surface area contributed by atoms with Crippen molar-refractivity contribution in [1.82, 2.24) is 4.90 Å². The Morgan fingerprint density at radius 2 is 1.91 bits per heavy atom. The number of rotatable bonds is 10. The topological polar surface area (TPSA) is 53.0 Å². The van der Waals surface area contributed by atoms with Crippen molar-refractivity contribution in [3.8, 4) is 5.75 Å². The van der Waals surface area contributed by atoms with Gasteiger partial charge in [0.05, 0.1) is 22.8 Å². The molecule has 2 aliphatic heterocycles. The number of carbonyl (C=O) groups is 1. The number of benzene rings is 2. The molecule has 0 bridgehead atoms. The molecule has 1 fully saturated rings. The van der Waals surface area contributed by atoms with E-state index in [0.717, 1.165) is 71.8 Å². The lowest BCUT2D eigenvalue weighted by atomic mass is 10.1. The molecular weight excluding hydrogens is 463 g/mol. The number of carboxylic acids is 1. The van der Waals surface area contributed by atoms with Gasteiger partial charge in [0.15, 0.2) is 0 Å². The molecule has 7 heteroatoms. The van der Waals surface area contributed by atoms with Crippen molar-refractivity contribution >= 4 is 23.4 Å². The molecule has 2 aromatic carbocycles. The molecule has 1 aliphatic carbocycles. The number of anilines is 1. The molecule has 3 aliphatic rings. The zero-order chi connectivity index (χ0) is 24.2. The maximum absolute atomic E-state index is 13.1. The van der Waals surface area contributed by atoms with Crippen LogP contribution in [0.1, 0.15) is 30.4 Å². The van der Waals surface area contributed by atoms with Crippen molar-refractivity contribution in [2.24, 2.45) is 5.92 Å². The molecule has 184 valence electrons. The van der Waals surface area contributed by atoms with Crippen LogP contribution >= 0.6 is 11.8 Å². The molecule has 0 amide bonds. The summed E-state index contributed by atoms with van der Waals surface area (Å²) in [5.74, 6) is 1.41. The lowest BCUT2D eigenvalue weighted by molar-refractivity contribution is -0.132. The molecule has 5 rings (SSSR count). The first-order chi connectivity index (χ1) is 17.1. The number of ether oxygens (including phenoxy) is 1. The Morgan fingerprint density at radius 1 is 1.11 bits per heavy atom. The molecule has 2 heterocycles. The van der Waals surface area contributed by atoms with E-state index in [2.05, 4.69) is 28.0 Å². The van der Waals surface area contributed by atoms with Crippen LogP contribution in [-0.2, 0) is 17.8 Å². The first-order valence-corrected chi connectivity index (χ1v) is 13.3. The van der Waals surface area contributed by atoms with Crippen molar-refractivity contribution in [2.45, 2.75) is 32.2 Å². The summed E-state index contributed by atoms with van der Waals surface area (Å²) in [6.07, 6.45) is 8.00. The first kappa shape index (κ1) is 23.8. The number of carboxylic acid groups (broad SMARTS) is 1. The quantitative estimate of drug-likeness (QED) is 0.442. The molecule has 0 atom stereocenters. The highest BCUT2D eigenvalue weighted by atomic mass is 32.2. The second-order valence-electron chi connectivity index (χ2n) is 9.43. The number of aliphatic carboxylic acids is 1. The predicted molar refractivity (Wildman–Crippen MR) is 138 cm³/mol. The van der Waals surface area contributed by atoms with E-state index in [-0.39, 0.29) is 5.82 Å². The smallest absolute Gasteiger partial charge is 0.338 e. The predicted octanol–water partition coefficient (Wildman–Crippen LogP) is 5.47. The summed E-state index contributed by atoms with van der Waals surface area (Å²) in [6.45, 7) is 4.05. The highest BCUT2D eigenvalue weighted by Crippen LogP contribution is 2.38. The summed E-state index contributed by atoms with van der Waals surface area (Å²) in [5.41, 5.74) is 3.75. The van der Waals surface area contributed by atoms with E-state index in [1.165, 1.54) is 25.0 Å². The Kier molecular flexibility index (Phi) is 7.32. The van der Waals surface area contributed by atoms with E-state index in [1.54, 1.807) is 17.8 Å². The zero-order valence-electron chi connectivity index (χ0n) is 19.8. The van der Waals surface area contributed by atoms with Crippen LogP contribution < -0.4 is 9.64 Å². The van der Waals surface area contributed by atoms with Gasteiger partial charge in [-0.3, -0.25) is 0 Å². The van der Waals surface area contributed by atoms with Gasteiger partial charge in [-0.05, 0) is 78.8 Å². The molecule has 0 saturated heterocycles. The van der Waals surface area contributed by atoms with E-state index in [4.69, 9.17) is 4.74 Å². The van der Waals surface area contributed by atoms with Gasteiger partial charge in [-0.15, -0.1) is 11.8 Å². The molecule has 35 heavy (non-hydrogen) atoms. The largest absolute Gasteiger partial charge is 0.490 e. The summed E-state index contributed by atoms with van der Waals surface area (Å²) in [7, 11) is 0. The van der Waals surface area contributed by atoms with Crippen molar-refractivity contribution in [2.75, 3.05) is 36.9 Å². The zero-order valence-corrected chi connectivity index (χ0v) is 20.6. The van der Waals surface area contributed by atoms with Crippen LogP contribution in [0.25, 0.3) is 0 Å². The monoisotopic (exact) mass is 494 g/mol. The molecule has 5 nitrogen and oxygen atoms in total. The van der Waals surface area contributed by atoms with Gasteiger partial charge >= 0.3 is 5.97 Å².